The number of benzene rings is 2. The summed E-state index contributed by atoms with van der Waals surface area (Å²) in [7, 11) is 4.07. The Morgan fingerprint density at radius 3 is 1.71 bits per heavy atom. The van der Waals surface area contributed by atoms with E-state index in [9.17, 15) is 35.9 Å². The molecule has 0 bridgehead atoms. The SMILES string of the molecule is COc1cc(/C=C2\SC(=O)N(c3cc(C(F)(F)F)cc(C(F)(F)F)c3)C2=O)cc(OC)c1OC. The fraction of sp³-hybridized carbons (Fsp3) is 0.238. The van der Waals surface area contributed by atoms with Gasteiger partial charge in [-0.2, -0.15) is 26.3 Å². The fourth-order valence-electron chi connectivity index (χ4n) is 3.09. The van der Waals surface area contributed by atoms with Gasteiger partial charge in [-0.15, -0.1) is 0 Å². The van der Waals surface area contributed by atoms with Crippen LogP contribution in [0.3, 0.4) is 0 Å². The maximum absolute atomic E-state index is 13.2. The molecule has 2 aromatic rings. The van der Waals surface area contributed by atoms with E-state index in [1.165, 1.54) is 39.5 Å². The van der Waals surface area contributed by atoms with E-state index in [0.717, 1.165) is 0 Å². The number of nitrogens with zero attached hydrogens (tertiary/aromatic N) is 1. The summed E-state index contributed by atoms with van der Waals surface area (Å²) in [5, 5.41) is -1.06. The van der Waals surface area contributed by atoms with Crippen LogP contribution < -0.4 is 19.1 Å². The van der Waals surface area contributed by atoms with Crippen LogP contribution in [0.2, 0.25) is 0 Å². The number of anilines is 1. The van der Waals surface area contributed by atoms with Gasteiger partial charge in [0.05, 0.1) is 43.0 Å². The number of imide groups is 1. The Balaban J connectivity index is 2.07. The van der Waals surface area contributed by atoms with Crippen LogP contribution in [0.1, 0.15) is 16.7 Å². The third-order valence-corrected chi connectivity index (χ3v) is 5.48. The van der Waals surface area contributed by atoms with Gasteiger partial charge in [0.1, 0.15) is 0 Å². The molecule has 1 aliphatic heterocycles. The quantitative estimate of drug-likeness (QED) is 0.366. The van der Waals surface area contributed by atoms with Crippen LogP contribution in [0.25, 0.3) is 6.08 Å². The summed E-state index contributed by atoms with van der Waals surface area (Å²) < 4.78 is 94.7. The Kier molecular flexibility index (Phi) is 6.78. The summed E-state index contributed by atoms with van der Waals surface area (Å²) >= 11 is 0.358. The van der Waals surface area contributed by atoms with Crippen LogP contribution in [0.5, 0.6) is 17.2 Å². The second-order valence-electron chi connectivity index (χ2n) is 6.74. The summed E-state index contributed by atoms with van der Waals surface area (Å²) in [4.78, 5) is 25.3. The van der Waals surface area contributed by atoms with Gasteiger partial charge in [-0.25, -0.2) is 4.90 Å². The molecular weight excluding hydrogens is 492 g/mol. The molecule has 34 heavy (non-hydrogen) atoms. The molecule has 0 atom stereocenters. The zero-order valence-corrected chi connectivity index (χ0v) is 18.4. The molecular formula is C21H15F6NO5S. The summed E-state index contributed by atoms with van der Waals surface area (Å²) in [5.41, 5.74) is -3.84. The van der Waals surface area contributed by atoms with Crippen molar-refractivity contribution in [2.45, 2.75) is 12.4 Å². The van der Waals surface area contributed by atoms with Crippen LogP contribution in [0.4, 0.5) is 36.8 Å². The topological polar surface area (TPSA) is 65.1 Å². The number of hydrogen-bond donors (Lipinski definition) is 0. The number of amides is 2. The van der Waals surface area contributed by atoms with Crippen LogP contribution in [0.15, 0.2) is 35.2 Å². The third kappa shape index (κ3) is 4.93. The number of halogens is 6. The van der Waals surface area contributed by atoms with Crippen molar-refractivity contribution >= 4 is 34.7 Å². The summed E-state index contributed by atoms with van der Waals surface area (Å²) in [6, 6.07) is 3.43. The molecule has 0 radical (unpaired) electrons. The van der Waals surface area contributed by atoms with Gasteiger partial charge >= 0.3 is 12.4 Å². The molecule has 1 fully saturated rings. The fourth-order valence-corrected chi connectivity index (χ4v) is 3.94. The molecule has 182 valence electrons. The number of ether oxygens (including phenoxy) is 3. The van der Waals surface area contributed by atoms with Gasteiger partial charge in [-0.05, 0) is 53.7 Å². The molecule has 0 saturated carbocycles. The molecule has 0 spiro atoms. The maximum Gasteiger partial charge on any atom is 0.416 e. The number of carbonyl (C=O) groups excluding carboxylic acids is 2. The van der Waals surface area contributed by atoms with Crippen molar-refractivity contribution in [1.29, 1.82) is 0 Å². The average molecular weight is 507 g/mol. The lowest BCUT2D eigenvalue weighted by Gasteiger charge is -2.18. The second kappa shape index (κ2) is 9.12. The molecule has 1 aliphatic rings. The van der Waals surface area contributed by atoms with Gasteiger partial charge in [-0.1, -0.05) is 0 Å². The summed E-state index contributed by atoms with van der Waals surface area (Å²) in [5.74, 6) is -0.393. The minimum absolute atomic E-state index is 0.0890. The number of hydrogen-bond acceptors (Lipinski definition) is 6. The molecule has 1 heterocycles. The van der Waals surface area contributed by atoms with Crippen molar-refractivity contribution in [3.63, 3.8) is 0 Å². The number of alkyl halides is 6. The maximum atomic E-state index is 13.2. The van der Waals surface area contributed by atoms with Crippen molar-refractivity contribution in [1.82, 2.24) is 0 Å². The molecule has 1 saturated heterocycles. The van der Waals surface area contributed by atoms with Crippen LogP contribution in [0, 0.1) is 0 Å². The van der Waals surface area contributed by atoms with Crippen molar-refractivity contribution in [2.24, 2.45) is 0 Å². The molecule has 0 aromatic heterocycles. The highest BCUT2D eigenvalue weighted by Crippen LogP contribution is 2.43. The summed E-state index contributed by atoms with van der Waals surface area (Å²) in [6.07, 6.45) is -9.04. The van der Waals surface area contributed by atoms with Crippen molar-refractivity contribution in [2.75, 3.05) is 26.2 Å². The van der Waals surface area contributed by atoms with Crippen LogP contribution >= 0.6 is 11.8 Å². The van der Waals surface area contributed by atoms with Gasteiger partial charge in [0, 0.05) is 0 Å². The van der Waals surface area contributed by atoms with Gasteiger partial charge in [-0.3, -0.25) is 9.59 Å². The number of thioether (sulfide) groups is 1. The Morgan fingerprint density at radius 1 is 0.794 bits per heavy atom. The predicted molar refractivity (Wildman–Crippen MR) is 111 cm³/mol. The molecule has 6 nitrogen and oxygen atoms in total. The normalized spacial score (nSPS) is 15.8. The van der Waals surface area contributed by atoms with Gasteiger partial charge in [0.15, 0.2) is 11.5 Å². The second-order valence-corrected chi connectivity index (χ2v) is 7.73. The molecule has 13 heteroatoms. The monoisotopic (exact) mass is 507 g/mol. The van der Waals surface area contributed by atoms with E-state index in [1.807, 2.05) is 0 Å². The smallest absolute Gasteiger partial charge is 0.416 e. The predicted octanol–water partition coefficient (Wildman–Crippen LogP) is 5.99. The molecule has 2 amide bonds. The molecule has 0 unspecified atom stereocenters. The highest BCUT2D eigenvalue weighted by atomic mass is 32.2. The van der Waals surface area contributed by atoms with Gasteiger partial charge in [0.2, 0.25) is 5.75 Å². The Morgan fingerprint density at radius 2 is 1.29 bits per heavy atom. The Hall–Kier alpha value is -3.35. The van der Waals surface area contributed by atoms with Crippen LogP contribution in [-0.2, 0) is 17.1 Å². The average Bonchev–Trinajstić information content (AvgIpc) is 3.04. The first-order valence-electron chi connectivity index (χ1n) is 9.17. The lowest BCUT2D eigenvalue weighted by Crippen LogP contribution is -2.28. The Bertz CT molecular complexity index is 1120. The first-order valence-corrected chi connectivity index (χ1v) is 9.99. The van der Waals surface area contributed by atoms with E-state index in [-0.39, 0.29) is 33.1 Å². The largest absolute Gasteiger partial charge is 0.493 e. The zero-order valence-electron chi connectivity index (χ0n) is 17.6. The van der Waals surface area contributed by atoms with E-state index < -0.39 is 40.3 Å². The lowest BCUT2D eigenvalue weighted by atomic mass is 10.1. The highest BCUT2D eigenvalue weighted by Gasteiger charge is 2.41. The van der Waals surface area contributed by atoms with Crippen molar-refractivity contribution in [3.05, 3.63) is 51.9 Å². The Labute approximate surface area is 193 Å². The summed E-state index contributed by atoms with van der Waals surface area (Å²) in [6.45, 7) is 0. The van der Waals surface area contributed by atoms with Gasteiger partial charge < -0.3 is 14.2 Å². The first kappa shape index (κ1) is 25.3. The standard InChI is InChI=1S/C21H15F6NO5S/c1-31-14-4-10(5-15(32-2)17(14)33-3)6-16-18(29)28(19(30)34-16)13-8-11(20(22,23)24)7-12(9-13)21(25,26)27/h4-9H,1-3H3/b16-6-. The van der Waals surface area contributed by atoms with E-state index in [4.69, 9.17) is 14.2 Å². The number of methoxy groups -OCH3 is 3. The van der Waals surface area contributed by atoms with E-state index in [0.29, 0.717) is 29.5 Å². The highest BCUT2D eigenvalue weighted by molar-refractivity contribution is 8.19. The van der Waals surface area contributed by atoms with Crippen molar-refractivity contribution in [3.8, 4) is 17.2 Å². The number of rotatable bonds is 5. The zero-order chi connectivity index (χ0) is 25.4. The minimum atomic E-state index is -5.14. The van der Waals surface area contributed by atoms with E-state index >= 15 is 0 Å². The molecule has 0 N–H and O–H groups in total. The van der Waals surface area contributed by atoms with Crippen LogP contribution in [-0.4, -0.2) is 32.5 Å². The van der Waals surface area contributed by atoms with E-state index in [2.05, 4.69) is 0 Å². The minimum Gasteiger partial charge on any atom is -0.493 e. The van der Waals surface area contributed by atoms with Gasteiger partial charge in [0.25, 0.3) is 11.1 Å². The lowest BCUT2D eigenvalue weighted by molar-refractivity contribution is -0.143. The first-order chi connectivity index (χ1) is 15.8. The molecule has 0 aliphatic carbocycles. The molecule has 3 rings (SSSR count). The van der Waals surface area contributed by atoms with Crippen molar-refractivity contribution < 1.29 is 50.1 Å². The van der Waals surface area contributed by atoms with E-state index in [1.54, 1.807) is 0 Å². The number of carbonyl (C=O) groups is 2. The third-order valence-electron chi connectivity index (χ3n) is 4.61. The molecule has 2 aromatic carbocycles.